The second-order valence-electron chi connectivity index (χ2n) is 4.87. The molecule has 2 aromatic carbocycles. The fourth-order valence-electron chi connectivity index (χ4n) is 1.93. The van der Waals surface area contributed by atoms with Gasteiger partial charge in [-0.2, -0.15) is 8.42 Å². The van der Waals surface area contributed by atoms with Crippen molar-refractivity contribution in [1.29, 1.82) is 0 Å². The topological polar surface area (TPSA) is 69.7 Å². The lowest BCUT2D eigenvalue weighted by molar-refractivity contribution is 0.101. The molecular formula is C16H15ClO5S. The van der Waals surface area contributed by atoms with Crippen molar-refractivity contribution < 1.29 is 22.1 Å². The summed E-state index contributed by atoms with van der Waals surface area (Å²) in [7, 11) is -2.80. The molecule has 0 heterocycles. The van der Waals surface area contributed by atoms with Gasteiger partial charge < -0.3 is 8.92 Å². The molecule has 0 N–H and O–H groups in total. The molecule has 2 rings (SSSR count). The summed E-state index contributed by atoms with van der Waals surface area (Å²) in [5.41, 5.74) is 1.03. The van der Waals surface area contributed by atoms with Crippen LogP contribution in [0, 0.1) is 6.92 Å². The molecule has 0 saturated heterocycles. The standard InChI is InChI=1S/C16H15ClO5S/c1-10-7-15(21-3)16(9-14(10)17)23(19,20)22-13-6-4-5-12(8-13)11(2)18/h4-9H,1-3H3. The first-order valence-electron chi connectivity index (χ1n) is 6.64. The van der Waals surface area contributed by atoms with Gasteiger partial charge in [0.25, 0.3) is 0 Å². The zero-order valence-electron chi connectivity index (χ0n) is 12.8. The summed E-state index contributed by atoms with van der Waals surface area (Å²) in [5, 5.41) is 0.283. The van der Waals surface area contributed by atoms with Gasteiger partial charge in [0.2, 0.25) is 0 Å². The van der Waals surface area contributed by atoms with Crippen molar-refractivity contribution in [1.82, 2.24) is 0 Å². The minimum Gasteiger partial charge on any atom is -0.495 e. The van der Waals surface area contributed by atoms with Crippen molar-refractivity contribution in [2.75, 3.05) is 7.11 Å². The number of ether oxygens (including phenoxy) is 1. The molecule has 0 amide bonds. The Hall–Kier alpha value is -2.05. The minimum atomic E-state index is -4.16. The van der Waals surface area contributed by atoms with Crippen LogP contribution in [0.5, 0.6) is 11.5 Å². The van der Waals surface area contributed by atoms with E-state index in [2.05, 4.69) is 0 Å². The van der Waals surface area contributed by atoms with E-state index in [1.165, 1.54) is 38.3 Å². The number of methoxy groups -OCH3 is 1. The molecule has 0 atom stereocenters. The van der Waals surface area contributed by atoms with Gasteiger partial charge in [0.15, 0.2) is 5.78 Å². The van der Waals surface area contributed by atoms with Gasteiger partial charge in [-0.15, -0.1) is 0 Å². The third-order valence-electron chi connectivity index (χ3n) is 3.16. The number of rotatable bonds is 5. The molecule has 0 fully saturated rings. The molecule has 0 aliphatic carbocycles. The first kappa shape index (κ1) is 17.3. The quantitative estimate of drug-likeness (QED) is 0.605. The fraction of sp³-hybridized carbons (Fsp3) is 0.188. The van der Waals surface area contributed by atoms with Gasteiger partial charge in [0.05, 0.1) is 7.11 Å². The molecule has 2 aromatic rings. The van der Waals surface area contributed by atoms with Gasteiger partial charge in [-0.3, -0.25) is 4.79 Å². The third kappa shape index (κ3) is 3.83. The van der Waals surface area contributed by atoms with E-state index in [1.807, 2.05) is 0 Å². The number of hydrogen-bond acceptors (Lipinski definition) is 5. The van der Waals surface area contributed by atoms with E-state index in [1.54, 1.807) is 19.1 Å². The number of carbonyl (C=O) groups is 1. The summed E-state index contributed by atoms with van der Waals surface area (Å²) in [6.07, 6.45) is 0. The van der Waals surface area contributed by atoms with Crippen LogP contribution < -0.4 is 8.92 Å². The molecule has 0 aliphatic heterocycles. The lowest BCUT2D eigenvalue weighted by atomic mass is 10.1. The molecule has 0 aliphatic rings. The van der Waals surface area contributed by atoms with Gasteiger partial charge >= 0.3 is 10.1 Å². The van der Waals surface area contributed by atoms with E-state index in [-0.39, 0.29) is 27.2 Å². The monoisotopic (exact) mass is 354 g/mol. The van der Waals surface area contributed by atoms with E-state index < -0.39 is 10.1 Å². The molecular weight excluding hydrogens is 340 g/mol. The summed E-state index contributed by atoms with van der Waals surface area (Å²) in [4.78, 5) is 11.2. The summed E-state index contributed by atoms with van der Waals surface area (Å²) in [6, 6.07) is 8.73. The average molecular weight is 355 g/mol. The van der Waals surface area contributed by atoms with Gasteiger partial charge in [-0.05, 0) is 43.7 Å². The van der Waals surface area contributed by atoms with Gasteiger partial charge in [0, 0.05) is 10.6 Å². The van der Waals surface area contributed by atoms with Crippen LogP contribution in [0.2, 0.25) is 5.02 Å². The van der Waals surface area contributed by atoms with Crippen LogP contribution in [0.4, 0.5) is 0 Å². The molecule has 0 aromatic heterocycles. The maximum atomic E-state index is 12.5. The predicted octanol–water partition coefficient (Wildman–Crippen LogP) is 3.63. The van der Waals surface area contributed by atoms with Crippen LogP contribution in [-0.4, -0.2) is 21.3 Å². The zero-order valence-corrected chi connectivity index (χ0v) is 14.4. The molecule has 5 nitrogen and oxygen atoms in total. The molecule has 0 bridgehead atoms. The van der Waals surface area contributed by atoms with Crippen molar-refractivity contribution in [2.45, 2.75) is 18.7 Å². The summed E-state index contributed by atoms with van der Waals surface area (Å²) in [5.74, 6) is -0.0186. The summed E-state index contributed by atoms with van der Waals surface area (Å²) >= 11 is 6.00. The van der Waals surface area contributed by atoms with E-state index in [0.717, 1.165) is 0 Å². The van der Waals surface area contributed by atoms with Gasteiger partial charge in [-0.1, -0.05) is 23.7 Å². The first-order valence-corrected chi connectivity index (χ1v) is 8.43. The zero-order chi connectivity index (χ0) is 17.2. The minimum absolute atomic E-state index is 0.0384. The van der Waals surface area contributed by atoms with Gasteiger partial charge in [0.1, 0.15) is 16.4 Å². The Morgan fingerprint density at radius 1 is 1.17 bits per heavy atom. The number of benzene rings is 2. The van der Waals surface area contributed by atoms with E-state index in [4.69, 9.17) is 20.5 Å². The highest BCUT2D eigenvalue weighted by atomic mass is 35.5. The predicted molar refractivity (Wildman–Crippen MR) is 87.0 cm³/mol. The Morgan fingerprint density at radius 3 is 2.48 bits per heavy atom. The number of carbonyl (C=O) groups excluding carboxylic acids is 1. The van der Waals surface area contributed by atoms with E-state index in [9.17, 15) is 13.2 Å². The maximum Gasteiger partial charge on any atom is 0.342 e. The van der Waals surface area contributed by atoms with Crippen molar-refractivity contribution >= 4 is 27.5 Å². The van der Waals surface area contributed by atoms with Crippen LogP contribution in [0.25, 0.3) is 0 Å². The molecule has 23 heavy (non-hydrogen) atoms. The highest BCUT2D eigenvalue weighted by Gasteiger charge is 2.23. The molecule has 0 unspecified atom stereocenters. The second kappa shape index (κ2) is 6.60. The SMILES string of the molecule is COc1cc(C)c(Cl)cc1S(=O)(=O)Oc1cccc(C(C)=O)c1. The van der Waals surface area contributed by atoms with E-state index in [0.29, 0.717) is 11.1 Å². The van der Waals surface area contributed by atoms with Crippen molar-refractivity contribution in [3.63, 3.8) is 0 Å². The van der Waals surface area contributed by atoms with Crippen LogP contribution >= 0.6 is 11.6 Å². The lowest BCUT2D eigenvalue weighted by Gasteiger charge is -2.12. The Morgan fingerprint density at radius 2 is 1.87 bits per heavy atom. The normalized spacial score (nSPS) is 11.1. The molecule has 0 radical (unpaired) electrons. The largest absolute Gasteiger partial charge is 0.495 e. The average Bonchev–Trinajstić information content (AvgIpc) is 2.49. The Labute approximate surface area is 139 Å². The Balaban J connectivity index is 2.45. The highest BCUT2D eigenvalue weighted by Crippen LogP contribution is 2.32. The fourth-order valence-corrected chi connectivity index (χ4v) is 3.26. The Bertz CT molecular complexity index is 859. The molecule has 122 valence electrons. The lowest BCUT2D eigenvalue weighted by Crippen LogP contribution is -2.12. The van der Waals surface area contributed by atoms with Crippen LogP contribution in [0.1, 0.15) is 22.8 Å². The summed E-state index contributed by atoms with van der Waals surface area (Å²) < 4.78 is 35.2. The van der Waals surface area contributed by atoms with Crippen LogP contribution in [0.15, 0.2) is 41.3 Å². The smallest absolute Gasteiger partial charge is 0.342 e. The van der Waals surface area contributed by atoms with Crippen molar-refractivity contribution in [2.24, 2.45) is 0 Å². The van der Waals surface area contributed by atoms with E-state index >= 15 is 0 Å². The van der Waals surface area contributed by atoms with Crippen LogP contribution in [0.3, 0.4) is 0 Å². The first-order chi connectivity index (χ1) is 10.7. The maximum absolute atomic E-state index is 12.5. The number of aryl methyl sites for hydroxylation is 1. The van der Waals surface area contributed by atoms with Crippen LogP contribution in [-0.2, 0) is 10.1 Å². The second-order valence-corrected chi connectivity index (χ2v) is 6.80. The summed E-state index contributed by atoms with van der Waals surface area (Å²) in [6.45, 7) is 3.12. The number of ketones is 1. The molecule has 0 saturated carbocycles. The third-order valence-corrected chi connectivity index (χ3v) is 4.84. The highest BCUT2D eigenvalue weighted by molar-refractivity contribution is 7.87. The number of Topliss-reactive ketones (excluding diaryl/α,β-unsaturated/α-hetero) is 1. The van der Waals surface area contributed by atoms with Gasteiger partial charge in [-0.25, -0.2) is 0 Å². The van der Waals surface area contributed by atoms with Crippen molar-refractivity contribution in [3.8, 4) is 11.5 Å². The molecule has 0 spiro atoms. The molecule has 7 heteroatoms. The van der Waals surface area contributed by atoms with Crippen molar-refractivity contribution in [3.05, 3.63) is 52.5 Å². The number of hydrogen-bond donors (Lipinski definition) is 0. The number of halogens is 1. The Kier molecular flexibility index (Phi) is 4.97.